The van der Waals surface area contributed by atoms with Gasteiger partial charge in [0.1, 0.15) is 17.1 Å². The van der Waals surface area contributed by atoms with Crippen molar-refractivity contribution >= 4 is 28.5 Å². The fourth-order valence-corrected chi connectivity index (χ4v) is 5.11. The maximum atomic E-state index is 13.9. The predicted molar refractivity (Wildman–Crippen MR) is 153 cm³/mol. The Morgan fingerprint density at radius 2 is 1.79 bits per heavy atom. The lowest BCUT2D eigenvalue weighted by Crippen LogP contribution is -2.31. The standard InChI is InChI=1S/C32H32ClNO5/c1-19(2)13-15-38-24-7-5-6-22(17-24)29-28-30(35)25-18-26(33)20(3)16-27(25)39-31(28)32(36)34(29)14-12-21-8-10-23(37-4)11-9-21/h5-11,16-19,29H,12-15H2,1-4H3. The van der Waals surface area contributed by atoms with Gasteiger partial charge in [0.25, 0.3) is 5.91 Å². The maximum absolute atomic E-state index is 13.9. The highest BCUT2D eigenvalue weighted by molar-refractivity contribution is 6.32. The van der Waals surface area contributed by atoms with E-state index < -0.39 is 6.04 Å². The van der Waals surface area contributed by atoms with E-state index in [4.69, 9.17) is 25.5 Å². The van der Waals surface area contributed by atoms with Crippen LogP contribution in [0.4, 0.5) is 0 Å². The Balaban J connectivity index is 1.57. The number of halogens is 1. The SMILES string of the molecule is COc1ccc(CCN2C(=O)c3oc4cc(C)c(Cl)cc4c(=O)c3C2c2cccc(OCCC(C)C)c2)cc1. The Morgan fingerprint density at radius 3 is 2.51 bits per heavy atom. The van der Waals surface area contributed by atoms with Crippen LogP contribution in [0.15, 0.2) is 69.9 Å². The average Bonchev–Trinajstić information content (AvgIpc) is 3.20. The summed E-state index contributed by atoms with van der Waals surface area (Å²) in [4.78, 5) is 29.4. The highest BCUT2D eigenvalue weighted by Crippen LogP contribution is 2.39. The first-order valence-electron chi connectivity index (χ1n) is 13.2. The van der Waals surface area contributed by atoms with Gasteiger partial charge >= 0.3 is 0 Å². The third-order valence-corrected chi connectivity index (χ3v) is 7.59. The smallest absolute Gasteiger partial charge is 0.290 e. The zero-order valence-electron chi connectivity index (χ0n) is 22.6. The molecule has 3 aromatic carbocycles. The van der Waals surface area contributed by atoms with Gasteiger partial charge < -0.3 is 18.8 Å². The Kier molecular flexibility index (Phi) is 7.67. The molecule has 0 N–H and O–H groups in total. The Hall–Kier alpha value is -3.77. The van der Waals surface area contributed by atoms with E-state index in [1.54, 1.807) is 24.1 Å². The summed E-state index contributed by atoms with van der Waals surface area (Å²) in [6.45, 7) is 7.13. The van der Waals surface area contributed by atoms with E-state index in [2.05, 4.69) is 13.8 Å². The summed E-state index contributed by atoms with van der Waals surface area (Å²) in [5.74, 6) is 1.77. The number of fused-ring (bicyclic) bond motifs is 2. The molecule has 1 atom stereocenters. The number of carbonyl (C=O) groups excluding carboxylic acids is 1. The number of amides is 1. The van der Waals surface area contributed by atoms with Gasteiger partial charge in [-0.05, 0) is 78.8 Å². The van der Waals surface area contributed by atoms with Gasteiger partial charge in [0.2, 0.25) is 5.76 Å². The second-order valence-corrected chi connectivity index (χ2v) is 10.8. The third kappa shape index (κ3) is 5.39. The van der Waals surface area contributed by atoms with E-state index in [0.717, 1.165) is 28.9 Å². The zero-order chi connectivity index (χ0) is 27.7. The van der Waals surface area contributed by atoms with Crippen LogP contribution in [-0.4, -0.2) is 31.1 Å². The van der Waals surface area contributed by atoms with Gasteiger partial charge in [-0.1, -0.05) is 49.7 Å². The van der Waals surface area contributed by atoms with E-state index in [9.17, 15) is 9.59 Å². The number of carbonyl (C=O) groups is 1. The fourth-order valence-electron chi connectivity index (χ4n) is 4.95. The van der Waals surface area contributed by atoms with E-state index >= 15 is 0 Å². The molecule has 1 aliphatic rings. The Morgan fingerprint density at radius 1 is 1.03 bits per heavy atom. The number of hydrogen-bond acceptors (Lipinski definition) is 5. The molecule has 4 aromatic rings. The topological polar surface area (TPSA) is 69.0 Å². The highest BCUT2D eigenvalue weighted by atomic mass is 35.5. The fraction of sp³-hybridized carbons (Fsp3) is 0.312. The number of hydrogen-bond donors (Lipinski definition) is 0. The first-order valence-corrected chi connectivity index (χ1v) is 13.6. The summed E-state index contributed by atoms with van der Waals surface area (Å²) in [5.41, 5.74) is 3.07. The van der Waals surface area contributed by atoms with Crippen LogP contribution in [0.2, 0.25) is 5.02 Å². The normalized spacial score (nSPS) is 14.8. The lowest BCUT2D eigenvalue weighted by molar-refractivity contribution is 0.0729. The van der Waals surface area contributed by atoms with Crippen LogP contribution in [0.5, 0.6) is 11.5 Å². The van der Waals surface area contributed by atoms with E-state index in [1.807, 2.05) is 55.5 Å². The van der Waals surface area contributed by atoms with Gasteiger partial charge in [0.05, 0.1) is 30.7 Å². The van der Waals surface area contributed by atoms with Gasteiger partial charge in [-0.3, -0.25) is 9.59 Å². The molecular formula is C32H32ClNO5. The van der Waals surface area contributed by atoms with Crippen LogP contribution in [0.25, 0.3) is 11.0 Å². The summed E-state index contributed by atoms with van der Waals surface area (Å²) in [6, 6.07) is 18.1. The second kappa shape index (κ2) is 11.1. The molecule has 1 aromatic heterocycles. The number of benzene rings is 3. The molecule has 1 amide bonds. The quantitative estimate of drug-likeness (QED) is 0.227. The van der Waals surface area contributed by atoms with Crippen LogP contribution in [0.1, 0.15) is 59.1 Å². The largest absolute Gasteiger partial charge is 0.497 e. The molecule has 5 rings (SSSR count). The van der Waals surface area contributed by atoms with E-state index in [0.29, 0.717) is 52.8 Å². The van der Waals surface area contributed by atoms with Crippen LogP contribution in [-0.2, 0) is 6.42 Å². The van der Waals surface area contributed by atoms with Crippen molar-refractivity contribution in [2.75, 3.05) is 20.3 Å². The molecule has 0 aliphatic carbocycles. The molecule has 0 bridgehead atoms. The minimum absolute atomic E-state index is 0.0834. The van der Waals surface area contributed by atoms with Crippen molar-refractivity contribution in [1.29, 1.82) is 0 Å². The molecule has 0 saturated heterocycles. The highest BCUT2D eigenvalue weighted by Gasteiger charge is 2.42. The lowest BCUT2D eigenvalue weighted by atomic mass is 9.97. The predicted octanol–water partition coefficient (Wildman–Crippen LogP) is 6.98. The summed E-state index contributed by atoms with van der Waals surface area (Å²) < 4.78 is 17.4. The number of methoxy groups -OCH3 is 1. The molecule has 0 fully saturated rings. The van der Waals surface area contributed by atoms with Crippen molar-refractivity contribution in [3.05, 3.63) is 104 Å². The van der Waals surface area contributed by atoms with Crippen molar-refractivity contribution in [3.8, 4) is 11.5 Å². The van der Waals surface area contributed by atoms with Gasteiger partial charge in [0.15, 0.2) is 5.43 Å². The second-order valence-electron chi connectivity index (χ2n) is 10.4. The Labute approximate surface area is 233 Å². The zero-order valence-corrected chi connectivity index (χ0v) is 23.4. The van der Waals surface area contributed by atoms with Crippen molar-refractivity contribution in [3.63, 3.8) is 0 Å². The minimum Gasteiger partial charge on any atom is -0.497 e. The van der Waals surface area contributed by atoms with E-state index in [-0.39, 0.29) is 17.1 Å². The minimum atomic E-state index is -0.611. The van der Waals surface area contributed by atoms with Gasteiger partial charge in [0, 0.05) is 11.6 Å². The first-order chi connectivity index (χ1) is 18.8. The molecule has 7 heteroatoms. The van der Waals surface area contributed by atoms with Crippen LogP contribution in [0, 0.1) is 12.8 Å². The average molecular weight is 546 g/mol. The van der Waals surface area contributed by atoms with Gasteiger partial charge in [-0.15, -0.1) is 0 Å². The van der Waals surface area contributed by atoms with Crippen LogP contribution in [0.3, 0.4) is 0 Å². The van der Waals surface area contributed by atoms with Gasteiger partial charge in [-0.2, -0.15) is 0 Å². The summed E-state index contributed by atoms with van der Waals surface area (Å²) in [5, 5.41) is 0.844. The number of aryl methyl sites for hydroxylation is 1. The third-order valence-electron chi connectivity index (χ3n) is 7.19. The summed E-state index contributed by atoms with van der Waals surface area (Å²) in [6.07, 6.45) is 1.53. The molecule has 0 radical (unpaired) electrons. The van der Waals surface area contributed by atoms with Crippen LogP contribution < -0.4 is 14.9 Å². The van der Waals surface area contributed by atoms with Crippen molar-refractivity contribution < 1.29 is 18.7 Å². The molecule has 0 saturated carbocycles. The number of nitrogens with zero attached hydrogens (tertiary/aromatic N) is 1. The van der Waals surface area contributed by atoms with Crippen molar-refractivity contribution in [2.24, 2.45) is 5.92 Å². The number of ether oxygens (including phenoxy) is 2. The van der Waals surface area contributed by atoms with Crippen LogP contribution >= 0.6 is 11.6 Å². The molecule has 2 heterocycles. The molecule has 1 aliphatic heterocycles. The summed E-state index contributed by atoms with van der Waals surface area (Å²) in [7, 11) is 1.63. The van der Waals surface area contributed by atoms with Crippen molar-refractivity contribution in [1.82, 2.24) is 4.90 Å². The summed E-state index contributed by atoms with van der Waals surface area (Å²) >= 11 is 6.37. The molecule has 6 nitrogen and oxygen atoms in total. The Bertz CT molecular complexity index is 1570. The number of rotatable bonds is 9. The van der Waals surface area contributed by atoms with E-state index in [1.165, 1.54) is 0 Å². The van der Waals surface area contributed by atoms with Gasteiger partial charge in [-0.25, -0.2) is 0 Å². The lowest BCUT2D eigenvalue weighted by Gasteiger charge is -2.25. The maximum Gasteiger partial charge on any atom is 0.290 e. The molecule has 1 unspecified atom stereocenters. The molecule has 39 heavy (non-hydrogen) atoms. The molecular weight excluding hydrogens is 514 g/mol. The monoisotopic (exact) mass is 545 g/mol. The molecule has 202 valence electrons. The first kappa shape index (κ1) is 26.8. The molecule has 0 spiro atoms. The van der Waals surface area contributed by atoms with Crippen molar-refractivity contribution in [2.45, 2.75) is 39.7 Å².